The Labute approximate surface area is 148 Å². The van der Waals surface area contributed by atoms with E-state index in [1.165, 1.54) is 0 Å². The summed E-state index contributed by atoms with van der Waals surface area (Å²) in [5.41, 5.74) is 1.78. The monoisotopic (exact) mass is 333 g/mol. The number of rotatable bonds is 7. The van der Waals surface area contributed by atoms with Crippen molar-refractivity contribution in [1.29, 1.82) is 0 Å². The summed E-state index contributed by atoms with van der Waals surface area (Å²) >= 11 is 0. The molecule has 0 saturated heterocycles. The van der Waals surface area contributed by atoms with E-state index >= 15 is 0 Å². The molecule has 128 valence electrons. The lowest BCUT2D eigenvalue weighted by molar-refractivity contribution is 0.0640. The highest BCUT2D eigenvalue weighted by Gasteiger charge is 2.26. The van der Waals surface area contributed by atoms with Gasteiger partial charge in [-0.1, -0.05) is 61.9 Å². The highest BCUT2D eigenvalue weighted by Crippen LogP contribution is 2.25. The summed E-state index contributed by atoms with van der Waals surface area (Å²) in [4.78, 5) is 19.4. The molecule has 4 nitrogen and oxygen atoms in total. The first-order chi connectivity index (χ1) is 12.3. The van der Waals surface area contributed by atoms with Gasteiger partial charge in [-0.15, -0.1) is 0 Å². The number of aromatic nitrogens is 2. The lowest BCUT2D eigenvalue weighted by Gasteiger charge is -2.33. The fourth-order valence-corrected chi connectivity index (χ4v) is 2.96. The predicted octanol–water partition coefficient (Wildman–Crippen LogP) is 4.37. The molecular formula is C21H23N3O. The molecule has 1 aromatic heterocycles. The van der Waals surface area contributed by atoms with Gasteiger partial charge >= 0.3 is 0 Å². The summed E-state index contributed by atoms with van der Waals surface area (Å²) in [7, 11) is 0. The number of nitrogens with zero attached hydrogens (tertiary/aromatic N) is 3. The normalized spacial score (nSPS) is 11.9. The van der Waals surface area contributed by atoms with Crippen molar-refractivity contribution in [2.75, 3.05) is 6.54 Å². The Kier molecular flexibility index (Phi) is 5.62. The lowest BCUT2D eigenvalue weighted by atomic mass is 10.1. The molecule has 0 aliphatic rings. The highest BCUT2D eigenvalue weighted by molar-refractivity contribution is 5.94. The van der Waals surface area contributed by atoms with Gasteiger partial charge in [0.15, 0.2) is 0 Å². The average molecular weight is 333 g/mol. The third kappa shape index (κ3) is 3.97. The fourth-order valence-electron chi connectivity index (χ4n) is 2.96. The zero-order valence-corrected chi connectivity index (χ0v) is 14.5. The van der Waals surface area contributed by atoms with E-state index < -0.39 is 0 Å². The van der Waals surface area contributed by atoms with Crippen LogP contribution in [-0.4, -0.2) is 26.9 Å². The number of hydrogen-bond acceptors (Lipinski definition) is 2. The number of hydrogen-bond donors (Lipinski definition) is 0. The third-order valence-electron chi connectivity index (χ3n) is 4.23. The van der Waals surface area contributed by atoms with Gasteiger partial charge in [-0.25, -0.2) is 4.98 Å². The molecule has 1 atom stereocenters. The quantitative estimate of drug-likeness (QED) is 0.644. The Bertz CT molecular complexity index is 769. The van der Waals surface area contributed by atoms with Crippen molar-refractivity contribution in [3.63, 3.8) is 0 Å². The molecule has 2 aromatic carbocycles. The lowest BCUT2D eigenvalue weighted by Crippen LogP contribution is -2.39. The predicted molar refractivity (Wildman–Crippen MR) is 99.2 cm³/mol. The van der Waals surface area contributed by atoms with E-state index in [2.05, 4.69) is 24.0 Å². The maximum Gasteiger partial charge on any atom is 0.255 e. The van der Waals surface area contributed by atoms with Crippen LogP contribution in [0.25, 0.3) is 0 Å². The molecule has 1 amide bonds. The van der Waals surface area contributed by atoms with Crippen LogP contribution in [0, 0.1) is 0 Å². The first kappa shape index (κ1) is 17.0. The van der Waals surface area contributed by atoms with E-state index in [0.29, 0.717) is 12.1 Å². The summed E-state index contributed by atoms with van der Waals surface area (Å²) in [6, 6.07) is 19.6. The van der Waals surface area contributed by atoms with Crippen molar-refractivity contribution in [1.82, 2.24) is 14.5 Å². The van der Waals surface area contributed by atoms with Crippen molar-refractivity contribution >= 4 is 5.91 Å². The van der Waals surface area contributed by atoms with Gasteiger partial charge in [-0.05, 0) is 24.1 Å². The Morgan fingerprint density at radius 2 is 1.76 bits per heavy atom. The second kappa shape index (κ2) is 8.29. The number of carbonyl (C=O) groups is 1. The van der Waals surface area contributed by atoms with E-state index in [9.17, 15) is 4.79 Å². The van der Waals surface area contributed by atoms with Crippen LogP contribution in [0.3, 0.4) is 0 Å². The Morgan fingerprint density at radius 1 is 1.08 bits per heavy atom. The summed E-state index contributed by atoms with van der Waals surface area (Å²) in [5, 5.41) is 0. The van der Waals surface area contributed by atoms with Gasteiger partial charge in [0.05, 0.1) is 6.33 Å². The number of amides is 1. The van der Waals surface area contributed by atoms with Crippen LogP contribution >= 0.6 is 0 Å². The topological polar surface area (TPSA) is 38.1 Å². The van der Waals surface area contributed by atoms with Crippen molar-refractivity contribution in [2.45, 2.75) is 25.9 Å². The van der Waals surface area contributed by atoms with Crippen molar-refractivity contribution in [3.8, 4) is 0 Å². The molecule has 3 aromatic rings. The minimum absolute atomic E-state index is 0.0385. The largest absolute Gasteiger partial charge is 0.314 e. The minimum atomic E-state index is -0.206. The Balaban J connectivity index is 2.02. The van der Waals surface area contributed by atoms with Crippen LogP contribution in [0.15, 0.2) is 79.4 Å². The molecule has 0 fully saturated rings. The van der Waals surface area contributed by atoms with Gasteiger partial charge in [0.2, 0.25) is 0 Å². The van der Waals surface area contributed by atoms with Crippen LogP contribution in [0.1, 0.15) is 41.9 Å². The van der Waals surface area contributed by atoms with E-state index in [1.807, 2.05) is 64.2 Å². The van der Waals surface area contributed by atoms with Gasteiger partial charge < -0.3 is 9.47 Å². The second-order valence-corrected chi connectivity index (χ2v) is 6.01. The number of imidazole rings is 1. The fraction of sp³-hybridized carbons (Fsp3) is 0.238. The second-order valence-electron chi connectivity index (χ2n) is 6.01. The molecule has 25 heavy (non-hydrogen) atoms. The first-order valence-corrected chi connectivity index (χ1v) is 8.69. The molecular weight excluding hydrogens is 310 g/mol. The molecule has 1 heterocycles. The zero-order valence-electron chi connectivity index (χ0n) is 14.5. The number of carbonyl (C=O) groups excluding carboxylic acids is 1. The van der Waals surface area contributed by atoms with Gasteiger partial charge in [0.1, 0.15) is 6.17 Å². The molecule has 0 aliphatic heterocycles. The number of unbranched alkanes of at least 4 members (excludes halogenated alkanes) is 1. The SMILES string of the molecule is CCCCN(C(=O)c1ccccc1)C(c1ccccc1)n1ccnc1. The molecule has 0 radical (unpaired) electrons. The summed E-state index contributed by atoms with van der Waals surface area (Å²) in [5.74, 6) is 0.0385. The molecule has 4 heteroatoms. The van der Waals surface area contributed by atoms with Crippen LogP contribution in [0.4, 0.5) is 0 Å². The Hall–Kier alpha value is -2.88. The minimum Gasteiger partial charge on any atom is -0.314 e. The van der Waals surface area contributed by atoms with Gasteiger partial charge in [-0.2, -0.15) is 0 Å². The van der Waals surface area contributed by atoms with Crippen LogP contribution in [-0.2, 0) is 0 Å². The maximum atomic E-state index is 13.3. The van der Waals surface area contributed by atoms with Gasteiger partial charge in [0.25, 0.3) is 5.91 Å². The summed E-state index contributed by atoms with van der Waals surface area (Å²) < 4.78 is 1.99. The average Bonchev–Trinajstić information content (AvgIpc) is 3.20. The van der Waals surface area contributed by atoms with Crippen LogP contribution in [0.5, 0.6) is 0 Å². The van der Waals surface area contributed by atoms with E-state index in [0.717, 1.165) is 18.4 Å². The smallest absolute Gasteiger partial charge is 0.255 e. The van der Waals surface area contributed by atoms with Crippen molar-refractivity contribution in [2.24, 2.45) is 0 Å². The maximum absolute atomic E-state index is 13.3. The molecule has 1 unspecified atom stereocenters. The van der Waals surface area contributed by atoms with E-state index in [1.54, 1.807) is 12.5 Å². The highest BCUT2D eigenvalue weighted by atomic mass is 16.2. The molecule has 0 saturated carbocycles. The van der Waals surface area contributed by atoms with E-state index in [4.69, 9.17) is 0 Å². The molecule has 0 spiro atoms. The van der Waals surface area contributed by atoms with Gasteiger partial charge in [-0.3, -0.25) is 4.79 Å². The standard InChI is InChI=1S/C21H23N3O/c1-2-3-15-24(21(25)19-12-8-5-9-13-19)20(23-16-14-22-17-23)18-10-6-4-7-11-18/h4-14,16-17,20H,2-3,15H2,1H3. The first-order valence-electron chi connectivity index (χ1n) is 8.69. The van der Waals surface area contributed by atoms with E-state index in [-0.39, 0.29) is 12.1 Å². The van der Waals surface area contributed by atoms with Crippen LogP contribution in [0.2, 0.25) is 0 Å². The molecule has 3 rings (SSSR count). The zero-order chi connectivity index (χ0) is 17.5. The summed E-state index contributed by atoms with van der Waals surface area (Å²) in [6.45, 7) is 2.84. The van der Waals surface area contributed by atoms with Crippen molar-refractivity contribution in [3.05, 3.63) is 90.5 Å². The molecule has 0 N–H and O–H groups in total. The third-order valence-corrected chi connectivity index (χ3v) is 4.23. The van der Waals surface area contributed by atoms with Gasteiger partial charge in [0, 0.05) is 24.5 Å². The molecule has 0 bridgehead atoms. The number of benzene rings is 2. The Morgan fingerprint density at radius 3 is 2.36 bits per heavy atom. The molecule has 0 aliphatic carbocycles. The van der Waals surface area contributed by atoms with Crippen LogP contribution < -0.4 is 0 Å². The van der Waals surface area contributed by atoms with Crippen molar-refractivity contribution < 1.29 is 4.79 Å². The summed E-state index contributed by atoms with van der Waals surface area (Å²) in [6.07, 6.45) is 7.22.